The molecule has 0 N–H and O–H groups in total. The number of amides is 2. The van der Waals surface area contributed by atoms with Crippen molar-refractivity contribution in [1.29, 1.82) is 0 Å². The lowest BCUT2D eigenvalue weighted by Crippen LogP contribution is -2.43. The summed E-state index contributed by atoms with van der Waals surface area (Å²) in [7, 11) is 0. The molecule has 2 amide bonds. The van der Waals surface area contributed by atoms with Gasteiger partial charge in [0, 0.05) is 11.1 Å². The summed E-state index contributed by atoms with van der Waals surface area (Å²) in [5.74, 6) is -1.50. The molecule has 5 nitrogen and oxygen atoms in total. The molecule has 1 saturated heterocycles. The van der Waals surface area contributed by atoms with Crippen LogP contribution in [0.15, 0.2) is 102 Å². The van der Waals surface area contributed by atoms with Crippen LogP contribution in [0.2, 0.25) is 0 Å². The molecule has 180 valence electrons. The highest BCUT2D eigenvalue weighted by atomic mass is 16.6. The standard InChI is InChI=1S/C31H27NO4/c1-3-25-26(18-23-16-14-21(2)15-17-23)31(36-29(25)34)27(19-22-10-6-4-7-11-22)28(33)32(30(31)35)20-24-12-8-5-9-13-24/h4-17,19H,3,18,20H2,1-2H3/b27-19-. The van der Waals surface area contributed by atoms with Crippen molar-refractivity contribution in [3.8, 4) is 0 Å². The van der Waals surface area contributed by atoms with E-state index in [1.165, 1.54) is 4.90 Å². The maximum absolute atomic E-state index is 14.2. The molecule has 0 aromatic heterocycles. The Balaban J connectivity index is 1.68. The fourth-order valence-electron chi connectivity index (χ4n) is 4.97. The molecule has 5 heteroatoms. The minimum absolute atomic E-state index is 0.100. The summed E-state index contributed by atoms with van der Waals surface area (Å²) in [6, 6.07) is 26.6. The van der Waals surface area contributed by atoms with Crippen molar-refractivity contribution in [2.45, 2.75) is 38.8 Å². The van der Waals surface area contributed by atoms with E-state index in [9.17, 15) is 14.4 Å². The summed E-state index contributed by atoms with van der Waals surface area (Å²) < 4.78 is 5.96. The van der Waals surface area contributed by atoms with Gasteiger partial charge in [0.15, 0.2) is 0 Å². The monoisotopic (exact) mass is 477 g/mol. The fourth-order valence-corrected chi connectivity index (χ4v) is 4.97. The predicted molar refractivity (Wildman–Crippen MR) is 137 cm³/mol. The first kappa shape index (κ1) is 23.5. The van der Waals surface area contributed by atoms with Crippen LogP contribution in [0.25, 0.3) is 6.08 Å². The smallest absolute Gasteiger partial charge is 0.335 e. The van der Waals surface area contributed by atoms with Crippen LogP contribution >= 0.6 is 0 Å². The molecule has 3 aromatic carbocycles. The first-order valence-corrected chi connectivity index (χ1v) is 12.1. The van der Waals surface area contributed by atoms with Crippen LogP contribution in [-0.4, -0.2) is 28.3 Å². The van der Waals surface area contributed by atoms with E-state index < -0.39 is 23.4 Å². The van der Waals surface area contributed by atoms with Gasteiger partial charge in [-0.05, 0) is 42.5 Å². The number of aryl methyl sites for hydroxylation is 1. The van der Waals surface area contributed by atoms with E-state index in [-0.39, 0.29) is 12.1 Å². The number of ether oxygens (including phenoxy) is 1. The average Bonchev–Trinajstić information content (AvgIpc) is 3.28. The van der Waals surface area contributed by atoms with Gasteiger partial charge in [-0.25, -0.2) is 4.79 Å². The van der Waals surface area contributed by atoms with Gasteiger partial charge in [0.2, 0.25) is 5.60 Å². The molecule has 1 atom stereocenters. The van der Waals surface area contributed by atoms with E-state index in [1.54, 1.807) is 6.08 Å². The Kier molecular flexibility index (Phi) is 6.15. The zero-order chi connectivity index (χ0) is 25.3. The number of carbonyl (C=O) groups is 3. The predicted octanol–water partition coefficient (Wildman–Crippen LogP) is 5.19. The second kappa shape index (κ2) is 9.42. The molecule has 0 saturated carbocycles. The minimum atomic E-state index is -1.77. The normalized spacial score (nSPS) is 20.7. The molecule has 2 aliphatic heterocycles. The quantitative estimate of drug-likeness (QED) is 0.278. The van der Waals surface area contributed by atoms with Gasteiger partial charge < -0.3 is 4.74 Å². The third kappa shape index (κ3) is 3.97. The molecule has 1 fully saturated rings. The van der Waals surface area contributed by atoms with E-state index in [2.05, 4.69) is 0 Å². The van der Waals surface area contributed by atoms with Gasteiger partial charge in [-0.2, -0.15) is 0 Å². The second-order valence-corrected chi connectivity index (χ2v) is 9.19. The number of rotatable bonds is 6. The van der Waals surface area contributed by atoms with E-state index in [1.807, 2.05) is 98.8 Å². The third-order valence-corrected chi connectivity index (χ3v) is 6.83. The van der Waals surface area contributed by atoms with Crippen molar-refractivity contribution in [1.82, 2.24) is 4.90 Å². The molecule has 1 unspecified atom stereocenters. The highest BCUT2D eigenvalue weighted by Crippen LogP contribution is 2.48. The first-order valence-electron chi connectivity index (χ1n) is 12.1. The van der Waals surface area contributed by atoms with E-state index in [4.69, 9.17) is 4.74 Å². The van der Waals surface area contributed by atoms with Crippen molar-refractivity contribution in [2.24, 2.45) is 0 Å². The highest BCUT2D eigenvalue weighted by molar-refractivity contribution is 6.25. The topological polar surface area (TPSA) is 63.7 Å². The first-order chi connectivity index (χ1) is 17.4. The molecular formula is C31H27NO4. The summed E-state index contributed by atoms with van der Waals surface area (Å²) in [5.41, 5.74) is 3.04. The molecule has 0 aliphatic carbocycles. The van der Waals surface area contributed by atoms with Gasteiger partial charge in [0.25, 0.3) is 11.8 Å². The van der Waals surface area contributed by atoms with Gasteiger partial charge >= 0.3 is 5.97 Å². The van der Waals surface area contributed by atoms with E-state index >= 15 is 0 Å². The number of hydrogen-bond acceptors (Lipinski definition) is 4. The maximum atomic E-state index is 14.2. The SMILES string of the molecule is CCC1=C(Cc2ccc(C)cc2)C2(OC1=O)C(=O)N(Cc1ccccc1)C(=O)/C2=C/c1ccccc1. The maximum Gasteiger partial charge on any atom is 0.335 e. The second-order valence-electron chi connectivity index (χ2n) is 9.19. The van der Waals surface area contributed by atoms with Crippen LogP contribution in [0.5, 0.6) is 0 Å². The number of nitrogens with zero attached hydrogens (tertiary/aromatic N) is 1. The zero-order valence-electron chi connectivity index (χ0n) is 20.4. The molecule has 0 radical (unpaired) electrons. The van der Waals surface area contributed by atoms with Crippen molar-refractivity contribution < 1.29 is 19.1 Å². The Hall–Kier alpha value is -4.25. The fraction of sp³-hybridized carbons (Fsp3) is 0.194. The molecule has 2 heterocycles. The van der Waals surface area contributed by atoms with Crippen molar-refractivity contribution in [3.05, 3.63) is 124 Å². The zero-order valence-corrected chi connectivity index (χ0v) is 20.4. The summed E-state index contributed by atoms with van der Waals surface area (Å²) in [5, 5.41) is 0. The Labute approximate surface area is 210 Å². The average molecular weight is 478 g/mol. The lowest BCUT2D eigenvalue weighted by Gasteiger charge is -2.25. The van der Waals surface area contributed by atoms with Crippen LogP contribution in [0, 0.1) is 6.92 Å². The Morgan fingerprint density at radius 1 is 0.833 bits per heavy atom. The summed E-state index contributed by atoms with van der Waals surface area (Å²) >= 11 is 0. The van der Waals surface area contributed by atoms with Gasteiger partial charge in [-0.3, -0.25) is 14.5 Å². The molecule has 5 rings (SSSR count). The summed E-state index contributed by atoms with van der Waals surface area (Å²) in [4.78, 5) is 42.4. The van der Waals surface area contributed by atoms with Crippen LogP contribution in [0.3, 0.4) is 0 Å². The lowest BCUT2D eigenvalue weighted by atomic mass is 9.81. The number of hydrogen-bond donors (Lipinski definition) is 0. The molecule has 2 aliphatic rings. The van der Waals surface area contributed by atoms with Gasteiger partial charge in [-0.15, -0.1) is 0 Å². The van der Waals surface area contributed by atoms with Gasteiger partial charge in [0.05, 0.1) is 12.1 Å². The molecule has 36 heavy (non-hydrogen) atoms. The Morgan fingerprint density at radius 3 is 2.11 bits per heavy atom. The van der Waals surface area contributed by atoms with Crippen molar-refractivity contribution in [2.75, 3.05) is 0 Å². The highest BCUT2D eigenvalue weighted by Gasteiger charge is 2.64. The Morgan fingerprint density at radius 2 is 1.47 bits per heavy atom. The van der Waals surface area contributed by atoms with Gasteiger partial charge in [-0.1, -0.05) is 97.4 Å². The van der Waals surface area contributed by atoms with E-state index in [0.29, 0.717) is 24.0 Å². The number of carbonyl (C=O) groups excluding carboxylic acids is 3. The van der Waals surface area contributed by atoms with Crippen molar-refractivity contribution in [3.63, 3.8) is 0 Å². The van der Waals surface area contributed by atoms with Crippen LogP contribution in [0.1, 0.15) is 35.6 Å². The Bertz CT molecular complexity index is 1390. The molecule has 3 aromatic rings. The summed E-state index contributed by atoms with van der Waals surface area (Å²) in [6.07, 6.45) is 2.42. The van der Waals surface area contributed by atoms with Crippen LogP contribution < -0.4 is 0 Å². The van der Waals surface area contributed by atoms with Gasteiger partial charge in [0.1, 0.15) is 0 Å². The molecular weight excluding hydrogens is 450 g/mol. The van der Waals surface area contributed by atoms with Crippen LogP contribution in [0.4, 0.5) is 0 Å². The number of benzene rings is 3. The minimum Gasteiger partial charge on any atom is -0.436 e. The molecule has 0 bridgehead atoms. The number of likely N-dealkylation sites (tertiary alicyclic amines) is 1. The van der Waals surface area contributed by atoms with Crippen LogP contribution in [-0.2, 0) is 32.1 Å². The third-order valence-electron chi connectivity index (χ3n) is 6.83. The number of esters is 1. The number of imide groups is 1. The van der Waals surface area contributed by atoms with E-state index in [0.717, 1.165) is 22.3 Å². The lowest BCUT2D eigenvalue weighted by molar-refractivity contribution is -0.156. The largest absolute Gasteiger partial charge is 0.436 e. The van der Waals surface area contributed by atoms with Crippen molar-refractivity contribution >= 4 is 23.9 Å². The molecule has 1 spiro atoms. The summed E-state index contributed by atoms with van der Waals surface area (Å²) in [6.45, 7) is 3.98.